The molecule has 0 fully saturated rings. The fraction of sp³-hybridized carbons (Fsp3) is 0.241. The number of nitrogens with zero attached hydrogens (tertiary/aromatic N) is 1. The van der Waals surface area contributed by atoms with E-state index in [1.54, 1.807) is 38.5 Å². The van der Waals surface area contributed by atoms with E-state index in [1.165, 1.54) is 0 Å². The molecule has 0 aliphatic rings. The van der Waals surface area contributed by atoms with E-state index < -0.39 is 11.8 Å². The van der Waals surface area contributed by atoms with Crippen LogP contribution in [0.25, 0.3) is 5.76 Å². The third-order valence-electron chi connectivity index (χ3n) is 5.60. The van der Waals surface area contributed by atoms with Gasteiger partial charge in [0.25, 0.3) is 0 Å². The van der Waals surface area contributed by atoms with Crippen molar-refractivity contribution >= 4 is 11.5 Å². The SMILES string of the molecule is CCO/C(=C/C(CC(=O)c1ccc(OC)cc1)C(C#N)c1ccccc1)c1ccc(OC)cc1. The standard InChI is InChI=1S/C29H29NO4/c1-4-34-29(23-12-16-26(33-3)17-13-23)19-24(27(20-30)21-8-6-5-7-9-21)18-28(31)22-10-14-25(32-2)15-11-22/h5-17,19,24,27H,4,18H2,1-3H3/b29-19+. The van der Waals surface area contributed by atoms with Crippen LogP contribution >= 0.6 is 0 Å². The van der Waals surface area contributed by atoms with E-state index in [4.69, 9.17) is 14.2 Å². The van der Waals surface area contributed by atoms with Gasteiger partial charge in [0.2, 0.25) is 0 Å². The Hall–Kier alpha value is -4.04. The van der Waals surface area contributed by atoms with Crippen molar-refractivity contribution in [3.8, 4) is 17.6 Å². The predicted octanol–water partition coefficient (Wildman–Crippen LogP) is 6.28. The van der Waals surface area contributed by atoms with Crippen LogP contribution in [0.4, 0.5) is 0 Å². The van der Waals surface area contributed by atoms with Crippen LogP contribution in [0.1, 0.15) is 40.7 Å². The maximum absolute atomic E-state index is 13.2. The first-order valence-corrected chi connectivity index (χ1v) is 11.2. The van der Waals surface area contributed by atoms with Crippen LogP contribution in [0.2, 0.25) is 0 Å². The number of methoxy groups -OCH3 is 2. The summed E-state index contributed by atoms with van der Waals surface area (Å²) in [5, 5.41) is 10.1. The number of carbonyl (C=O) groups is 1. The van der Waals surface area contributed by atoms with Gasteiger partial charge in [-0.05, 0) is 67.1 Å². The molecule has 3 aromatic carbocycles. The van der Waals surface area contributed by atoms with Crippen molar-refractivity contribution in [3.63, 3.8) is 0 Å². The van der Waals surface area contributed by atoms with Crippen molar-refractivity contribution in [1.82, 2.24) is 0 Å². The van der Waals surface area contributed by atoms with Crippen LogP contribution in [-0.4, -0.2) is 26.6 Å². The lowest BCUT2D eigenvalue weighted by atomic mass is 9.82. The molecule has 2 atom stereocenters. The number of rotatable bonds is 11. The van der Waals surface area contributed by atoms with Crippen LogP contribution in [0, 0.1) is 17.2 Å². The van der Waals surface area contributed by atoms with Gasteiger partial charge in [-0.2, -0.15) is 5.26 Å². The van der Waals surface area contributed by atoms with E-state index in [9.17, 15) is 10.1 Å². The van der Waals surface area contributed by atoms with Crippen molar-refractivity contribution in [1.29, 1.82) is 5.26 Å². The first-order valence-electron chi connectivity index (χ1n) is 11.2. The number of ketones is 1. The number of ether oxygens (including phenoxy) is 3. The molecule has 3 rings (SSSR count). The Morgan fingerprint density at radius 2 is 1.44 bits per heavy atom. The van der Waals surface area contributed by atoms with Gasteiger partial charge in [0.05, 0.1) is 32.8 Å². The molecule has 0 aliphatic heterocycles. The quantitative estimate of drug-likeness (QED) is 0.251. The second kappa shape index (κ2) is 12.3. The third kappa shape index (κ3) is 6.26. The van der Waals surface area contributed by atoms with E-state index >= 15 is 0 Å². The summed E-state index contributed by atoms with van der Waals surface area (Å²) in [7, 11) is 3.20. The summed E-state index contributed by atoms with van der Waals surface area (Å²) in [6.45, 7) is 2.37. The molecule has 174 valence electrons. The Labute approximate surface area is 201 Å². The Bertz CT molecular complexity index is 1130. The molecule has 0 radical (unpaired) electrons. The van der Waals surface area contributed by atoms with Gasteiger partial charge in [0.15, 0.2) is 5.78 Å². The number of nitriles is 1. The maximum Gasteiger partial charge on any atom is 0.163 e. The van der Waals surface area contributed by atoms with Gasteiger partial charge in [0.1, 0.15) is 17.3 Å². The van der Waals surface area contributed by atoms with E-state index in [0.29, 0.717) is 23.7 Å². The van der Waals surface area contributed by atoms with Crippen LogP contribution in [0.3, 0.4) is 0 Å². The summed E-state index contributed by atoms with van der Waals surface area (Å²) >= 11 is 0. The van der Waals surface area contributed by atoms with Crippen LogP contribution in [0.5, 0.6) is 11.5 Å². The molecule has 0 amide bonds. The third-order valence-corrected chi connectivity index (χ3v) is 5.60. The second-order valence-electron chi connectivity index (χ2n) is 7.73. The van der Waals surface area contributed by atoms with Crippen LogP contribution in [0.15, 0.2) is 84.9 Å². The lowest BCUT2D eigenvalue weighted by Crippen LogP contribution is -2.16. The number of hydrogen-bond acceptors (Lipinski definition) is 5. The molecule has 0 aromatic heterocycles. The van der Waals surface area contributed by atoms with Gasteiger partial charge >= 0.3 is 0 Å². The molecule has 0 aliphatic carbocycles. The molecule has 3 aromatic rings. The van der Waals surface area contributed by atoms with E-state index in [0.717, 1.165) is 16.9 Å². The number of benzene rings is 3. The monoisotopic (exact) mass is 455 g/mol. The Balaban J connectivity index is 2.00. The highest BCUT2D eigenvalue weighted by Gasteiger charge is 2.26. The van der Waals surface area contributed by atoms with E-state index in [-0.39, 0.29) is 12.2 Å². The summed E-state index contributed by atoms with van der Waals surface area (Å²) < 4.78 is 16.4. The molecule has 0 bridgehead atoms. The normalized spacial score (nSPS) is 12.8. The average molecular weight is 456 g/mol. The van der Waals surface area contributed by atoms with E-state index in [1.807, 2.05) is 67.6 Å². The fourth-order valence-electron chi connectivity index (χ4n) is 3.79. The van der Waals surface area contributed by atoms with Crippen molar-refractivity contribution in [2.75, 3.05) is 20.8 Å². The summed E-state index contributed by atoms with van der Waals surface area (Å²) in [5.74, 6) is 1.10. The molecule has 0 heterocycles. The number of carbonyl (C=O) groups excluding carboxylic acids is 1. The summed E-state index contributed by atoms with van der Waals surface area (Å²) in [5.41, 5.74) is 2.29. The molecule has 0 N–H and O–H groups in total. The first-order chi connectivity index (χ1) is 16.6. The van der Waals surface area contributed by atoms with Crippen LogP contribution < -0.4 is 9.47 Å². The summed E-state index contributed by atoms with van der Waals surface area (Å²) in [6.07, 6.45) is 2.07. The number of allylic oxidation sites excluding steroid dienone is 1. The zero-order valence-corrected chi connectivity index (χ0v) is 19.7. The maximum atomic E-state index is 13.2. The first kappa shape index (κ1) is 24.6. The Morgan fingerprint density at radius 1 is 0.882 bits per heavy atom. The van der Waals surface area contributed by atoms with Gasteiger partial charge < -0.3 is 14.2 Å². The highest BCUT2D eigenvalue weighted by molar-refractivity contribution is 5.96. The highest BCUT2D eigenvalue weighted by Crippen LogP contribution is 2.33. The Morgan fingerprint density at radius 3 is 1.94 bits per heavy atom. The number of Topliss-reactive ketones (excluding diaryl/α,β-unsaturated/α-hetero) is 1. The van der Waals surface area contributed by atoms with Crippen molar-refractivity contribution < 1.29 is 19.0 Å². The largest absolute Gasteiger partial charge is 0.497 e. The van der Waals surface area contributed by atoms with E-state index in [2.05, 4.69) is 6.07 Å². The highest BCUT2D eigenvalue weighted by atomic mass is 16.5. The average Bonchev–Trinajstić information content (AvgIpc) is 2.89. The summed E-state index contributed by atoms with van der Waals surface area (Å²) in [6, 6.07) is 26.5. The van der Waals surface area contributed by atoms with Gasteiger partial charge in [-0.3, -0.25) is 4.79 Å². The predicted molar refractivity (Wildman–Crippen MR) is 133 cm³/mol. The van der Waals surface area contributed by atoms with Gasteiger partial charge in [-0.15, -0.1) is 0 Å². The zero-order chi connectivity index (χ0) is 24.3. The molecule has 0 spiro atoms. The summed E-state index contributed by atoms with van der Waals surface area (Å²) in [4.78, 5) is 13.2. The number of hydrogen-bond donors (Lipinski definition) is 0. The molecular weight excluding hydrogens is 426 g/mol. The van der Waals surface area contributed by atoms with Crippen molar-refractivity contribution in [2.45, 2.75) is 19.3 Å². The van der Waals surface area contributed by atoms with Gasteiger partial charge in [-0.1, -0.05) is 30.3 Å². The molecule has 5 heteroatoms. The smallest absolute Gasteiger partial charge is 0.163 e. The van der Waals surface area contributed by atoms with Gasteiger partial charge in [-0.25, -0.2) is 0 Å². The lowest BCUT2D eigenvalue weighted by Gasteiger charge is -2.21. The fourth-order valence-corrected chi connectivity index (χ4v) is 3.79. The van der Waals surface area contributed by atoms with Gasteiger partial charge in [0, 0.05) is 23.5 Å². The van der Waals surface area contributed by atoms with Crippen molar-refractivity contribution in [2.24, 2.45) is 5.92 Å². The molecule has 34 heavy (non-hydrogen) atoms. The molecule has 5 nitrogen and oxygen atoms in total. The van der Waals surface area contributed by atoms with Crippen LogP contribution in [-0.2, 0) is 4.74 Å². The minimum Gasteiger partial charge on any atom is -0.497 e. The molecular formula is C29H29NO4. The molecule has 0 saturated carbocycles. The minimum atomic E-state index is -0.517. The molecule has 2 unspecified atom stereocenters. The zero-order valence-electron chi connectivity index (χ0n) is 19.7. The lowest BCUT2D eigenvalue weighted by molar-refractivity contribution is 0.0967. The second-order valence-corrected chi connectivity index (χ2v) is 7.73. The minimum absolute atomic E-state index is 0.0503. The molecule has 0 saturated heterocycles. The topological polar surface area (TPSA) is 68.5 Å². The Kier molecular flexibility index (Phi) is 8.88. The van der Waals surface area contributed by atoms with Crippen molar-refractivity contribution in [3.05, 3.63) is 102 Å².